The van der Waals surface area contributed by atoms with Crippen LogP contribution in [0.25, 0.3) is 0 Å². The molecule has 8 nitrogen and oxygen atoms in total. The van der Waals surface area contributed by atoms with Crippen LogP contribution < -0.4 is 5.32 Å². The number of nitrogens with one attached hydrogen (secondary N) is 1. The van der Waals surface area contributed by atoms with Crippen molar-refractivity contribution in [3.8, 4) is 0 Å². The molecule has 1 aromatic rings. The van der Waals surface area contributed by atoms with Crippen LogP contribution in [0.5, 0.6) is 0 Å². The van der Waals surface area contributed by atoms with Crippen molar-refractivity contribution in [1.29, 1.82) is 0 Å². The smallest absolute Gasteiger partial charge is 0.243 e. The van der Waals surface area contributed by atoms with Gasteiger partial charge >= 0.3 is 0 Å². The summed E-state index contributed by atoms with van der Waals surface area (Å²) in [5.41, 5.74) is 0.742. The molecular formula is C15H22N2O6S2. The summed E-state index contributed by atoms with van der Waals surface area (Å²) in [6.45, 7) is 1.13. The highest BCUT2D eigenvalue weighted by Crippen LogP contribution is 2.25. The highest BCUT2D eigenvalue weighted by molar-refractivity contribution is 7.92. The number of amides is 1. The van der Waals surface area contributed by atoms with Crippen molar-refractivity contribution < 1.29 is 26.7 Å². The van der Waals surface area contributed by atoms with Crippen molar-refractivity contribution in [3.63, 3.8) is 0 Å². The van der Waals surface area contributed by atoms with Crippen LogP contribution in [0, 0.1) is 0 Å². The van der Waals surface area contributed by atoms with Gasteiger partial charge in [0.15, 0.2) is 9.84 Å². The summed E-state index contributed by atoms with van der Waals surface area (Å²) in [7, 11) is -7.17. The van der Waals surface area contributed by atoms with Gasteiger partial charge in [0.05, 0.1) is 23.0 Å². The normalized spacial score (nSPS) is 19.9. The van der Waals surface area contributed by atoms with Crippen molar-refractivity contribution in [2.75, 3.05) is 24.7 Å². The molecule has 1 aliphatic heterocycles. The van der Waals surface area contributed by atoms with Crippen molar-refractivity contribution >= 4 is 25.8 Å². The van der Waals surface area contributed by atoms with Gasteiger partial charge in [-0.2, -0.15) is 4.31 Å². The molecule has 0 aliphatic carbocycles. The molecule has 140 valence electrons. The standard InChI is InChI=1S/C15H22N2O6S2/c1-12(19)16-10-13-2-4-15(5-3-13)25(22,23)17(7-8-18)14-6-9-24(20,21)11-14/h2-5,14,18H,6-11H2,1H3,(H,16,19)/t14-/m1/s1. The second-order valence-electron chi connectivity index (χ2n) is 5.95. The quantitative estimate of drug-likeness (QED) is 0.647. The number of sulfone groups is 1. The number of hydrogen-bond acceptors (Lipinski definition) is 6. The number of carbonyl (C=O) groups excluding carboxylic acids is 1. The molecular weight excluding hydrogens is 368 g/mol. The van der Waals surface area contributed by atoms with Crippen LogP contribution in [0.2, 0.25) is 0 Å². The van der Waals surface area contributed by atoms with E-state index in [2.05, 4.69) is 5.32 Å². The summed E-state index contributed by atoms with van der Waals surface area (Å²) < 4.78 is 50.1. The Kier molecular flexibility index (Phi) is 6.20. The van der Waals surface area contributed by atoms with Gasteiger partial charge in [-0.3, -0.25) is 4.79 Å². The third-order valence-electron chi connectivity index (χ3n) is 4.01. The topological polar surface area (TPSA) is 121 Å². The lowest BCUT2D eigenvalue weighted by molar-refractivity contribution is -0.119. The molecule has 10 heteroatoms. The maximum absolute atomic E-state index is 12.8. The van der Waals surface area contributed by atoms with E-state index in [-0.39, 0.29) is 41.8 Å². The number of benzene rings is 1. The van der Waals surface area contributed by atoms with Crippen molar-refractivity contribution in [2.45, 2.75) is 30.8 Å². The van der Waals surface area contributed by atoms with E-state index in [0.29, 0.717) is 0 Å². The zero-order valence-electron chi connectivity index (χ0n) is 13.9. The maximum Gasteiger partial charge on any atom is 0.243 e. The highest BCUT2D eigenvalue weighted by atomic mass is 32.2. The van der Waals surface area contributed by atoms with Gasteiger partial charge in [0, 0.05) is 26.1 Å². The predicted molar refractivity (Wildman–Crippen MR) is 92.0 cm³/mol. The summed E-state index contributed by atoms with van der Waals surface area (Å²) >= 11 is 0. The van der Waals surface area contributed by atoms with E-state index in [0.717, 1.165) is 9.87 Å². The summed E-state index contributed by atoms with van der Waals surface area (Å²) in [4.78, 5) is 10.9. The molecule has 1 atom stereocenters. The lowest BCUT2D eigenvalue weighted by atomic mass is 10.2. The summed E-state index contributed by atoms with van der Waals surface area (Å²) in [6.07, 6.45) is 0.224. The average molecular weight is 390 g/mol. The van der Waals surface area contributed by atoms with Crippen molar-refractivity contribution in [1.82, 2.24) is 9.62 Å². The number of nitrogens with zero attached hydrogens (tertiary/aromatic N) is 1. The molecule has 0 spiro atoms. The summed E-state index contributed by atoms with van der Waals surface area (Å²) in [6, 6.07) is 5.35. The molecule has 1 amide bonds. The minimum Gasteiger partial charge on any atom is -0.395 e. The van der Waals surface area contributed by atoms with Gasteiger partial charge in [-0.1, -0.05) is 12.1 Å². The third-order valence-corrected chi connectivity index (χ3v) is 7.72. The van der Waals surface area contributed by atoms with Gasteiger partial charge in [-0.05, 0) is 24.1 Å². The molecule has 0 saturated carbocycles. The van der Waals surface area contributed by atoms with Crippen LogP contribution in [0.4, 0.5) is 0 Å². The fourth-order valence-corrected chi connectivity index (χ4v) is 6.21. The first-order valence-electron chi connectivity index (χ1n) is 7.82. The second kappa shape index (κ2) is 7.81. The molecule has 0 bridgehead atoms. The van der Waals surface area contributed by atoms with Crippen molar-refractivity contribution in [3.05, 3.63) is 29.8 Å². The largest absolute Gasteiger partial charge is 0.395 e. The zero-order chi connectivity index (χ0) is 18.7. The van der Waals surface area contributed by atoms with E-state index < -0.39 is 32.5 Å². The molecule has 0 aromatic heterocycles. The Morgan fingerprint density at radius 2 is 1.96 bits per heavy atom. The van der Waals surface area contributed by atoms with E-state index in [4.69, 9.17) is 0 Å². The Morgan fingerprint density at radius 1 is 1.32 bits per heavy atom. The fourth-order valence-electron chi connectivity index (χ4n) is 2.74. The van der Waals surface area contributed by atoms with Gasteiger partial charge in [-0.15, -0.1) is 0 Å². The minimum absolute atomic E-state index is 0.0248. The monoisotopic (exact) mass is 390 g/mol. The molecule has 1 fully saturated rings. The number of hydrogen-bond donors (Lipinski definition) is 2. The first-order valence-corrected chi connectivity index (χ1v) is 11.1. The van der Waals surface area contributed by atoms with Crippen LogP contribution in [-0.4, -0.2) is 62.9 Å². The zero-order valence-corrected chi connectivity index (χ0v) is 15.5. The fraction of sp³-hybridized carbons (Fsp3) is 0.533. The molecule has 1 aromatic carbocycles. The van der Waals surface area contributed by atoms with Crippen LogP contribution >= 0.6 is 0 Å². The number of rotatable bonds is 7. The summed E-state index contributed by atoms with van der Waals surface area (Å²) in [5.74, 6) is -0.467. The van der Waals surface area contributed by atoms with Crippen LogP contribution in [0.3, 0.4) is 0 Å². The van der Waals surface area contributed by atoms with Crippen LogP contribution in [-0.2, 0) is 31.2 Å². The summed E-state index contributed by atoms with van der Waals surface area (Å²) in [5, 5.41) is 11.8. The molecule has 25 heavy (non-hydrogen) atoms. The highest BCUT2D eigenvalue weighted by Gasteiger charge is 2.38. The Labute approximate surface area is 147 Å². The predicted octanol–water partition coefficient (Wildman–Crippen LogP) is -0.507. The second-order valence-corrected chi connectivity index (χ2v) is 10.1. The molecule has 1 heterocycles. The lowest BCUT2D eigenvalue weighted by Crippen LogP contribution is -2.42. The van der Waals surface area contributed by atoms with Gasteiger partial charge in [0.2, 0.25) is 15.9 Å². The van der Waals surface area contributed by atoms with Gasteiger partial charge in [0.25, 0.3) is 0 Å². The number of sulfonamides is 1. The minimum atomic E-state index is -3.92. The molecule has 2 N–H and O–H groups in total. The molecule has 1 saturated heterocycles. The number of aliphatic hydroxyl groups excluding tert-OH is 1. The SMILES string of the molecule is CC(=O)NCc1ccc(S(=O)(=O)N(CCO)[C@@H]2CCS(=O)(=O)C2)cc1. The van der Waals surface area contributed by atoms with E-state index in [9.17, 15) is 26.7 Å². The Balaban J connectivity index is 2.23. The van der Waals surface area contributed by atoms with E-state index >= 15 is 0 Å². The van der Waals surface area contributed by atoms with E-state index in [1.54, 1.807) is 12.1 Å². The lowest BCUT2D eigenvalue weighted by Gasteiger charge is -2.26. The van der Waals surface area contributed by atoms with Gasteiger partial charge in [-0.25, -0.2) is 16.8 Å². The van der Waals surface area contributed by atoms with Gasteiger partial charge < -0.3 is 10.4 Å². The Bertz CT molecular complexity index is 818. The van der Waals surface area contributed by atoms with Crippen LogP contribution in [0.1, 0.15) is 18.9 Å². The first-order chi connectivity index (χ1) is 11.7. The Hall–Kier alpha value is -1.49. The van der Waals surface area contributed by atoms with Crippen LogP contribution in [0.15, 0.2) is 29.2 Å². The Morgan fingerprint density at radius 3 is 2.44 bits per heavy atom. The van der Waals surface area contributed by atoms with E-state index in [1.807, 2.05) is 0 Å². The number of carbonyl (C=O) groups is 1. The average Bonchev–Trinajstić information content (AvgIpc) is 2.90. The van der Waals surface area contributed by atoms with Gasteiger partial charge in [0.1, 0.15) is 0 Å². The maximum atomic E-state index is 12.8. The third kappa shape index (κ3) is 5.00. The van der Waals surface area contributed by atoms with E-state index in [1.165, 1.54) is 19.1 Å². The number of aliphatic hydroxyl groups is 1. The molecule has 0 radical (unpaired) electrons. The molecule has 0 unspecified atom stereocenters. The molecule has 2 rings (SSSR count). The first kappa shape index (κ1) is 19.8. The van der Waals surface area contributed by atoms with Crippen molar-refractivity contribution in [2.24, 2.45) is 0 Å². The molecule has 1 aliphatic rings.